The van der Waals surface area contributed by atoms with Crippen molar-refractivity contribution in [1.29, 1.82) is 5.41 Å². The van der Waals surface area contributed by atoms with Crippen LogP contribution < -0.4 is 11.0 Å². The van der Waals surface area contributed by atoms with Crippen LogP contribution in [0.5, 0.6) is 0 Å². The van der Waals surface area contributed by atoms with Gasteiger partial charge in [-0.3, -0.25) is 20.1 Å². The summed E-state index contributed by atoms with van der Waals surface area (Å²) in [5, 5.41) is 26.5. The van der Waals surface area contributed by atoms with Crippen molar-refractivity contribution in [3.63, 3.8) is 0 Å². The summed E-state index contributed by atoms with van der Waals surface area (Å²) in [5.41, 5.74) is 2.63. The molecule has 2 aromatic carbocycles. The van der Waals surface area contributed by atoms with Crippen LogP contribution in [-0.4, -0.2) is 70.5 Å². The number of amides is 2. The van der Waals surface area contributed by atoms with E-state index in [1.165, 1.54) is 16.8 Å². The lowest BCUT2D eigenvalue weighted by Gasteiger charge is -2.37. The van der Waals surface area contributed by atoms with Crippen LogP contribution in [-0.2, 0) is 16.7 Å². The molecule has 14 heteroatoms. The lowest BCUT2D eigenvalue weighted by atomic mass is 9.83. The number of H-pyrrole nitrogens is 1. The van der Waals surface area contributed by atoms with E-state index in [0.29, 0.717) is 65.5 Å². The molecule has 7 rings (SSSR count). The van der Waals surface area contributed by atoms with E-state index in [1.54, 1.807) is 46.3 Å². The summed E-state index contributed by atoms with van der Waals surface area (Å²) >= 11 is 0. The molecule has 0 radical (unpaired) electrons. The molecular weight excluding hydrogens is 679 g/mol. The molecule has 4 N–H and O–H groups in total. The number of hydrogen-bond donors (Lipinski definition) is 4. The fraction of sp³-hybridized carbons (Fsp3) is 0.410. The van der Waals surface area contributed by atoms with Gasteiger partial charge in [-0.05, 0) is 107 Å². The number of carbonyl (C=O) groups is 2. The highest BCUT2D eigenvalue weighted by molar-refractivity contribution is 6.03. The van der Waals surface area contributed by atoms with Crippen LogP contribution in [0.3, 0.4) is 0 Å². The summed E-state index contributed by atoms with van der Waals surface area (Å²) in [6.45, 7) is 12.3. The second kappa shape index (κ2) is 13.2. The lowest BCUT2D eigenvalue weighted by Crippen LogP contribution is -2.49. The van der Waals surface area contributed by atoms with E-state index < -0.39 is 23.4 Å². The van der Waals surface area contributed by atoms with Crippen LogP contribution in [0.15, 0.2) is 59.7 Å². The highest BCUT2D eigenvalue weighted by Crippen LogP contribution is 2.41. The number of carboxylic acid groups (broad SMARTS) is 1. The number of fused-ring (bicyclic) bond motifs is 2. The van der Waals surface area contributed by atoms with Gasteiger partial charge in [0.15, 0.2) is 0 Å². The van der Waals surface area contributed by atoms with Crippen molar-refractivity contribution < 1.29 is 23.8 Å². The molecule has 0 bridgehead atoms. The topological polar surface area (TPSA) is 163 Å². The maximum Gasteiger partial charge on any atom is 0.410 e. The number of imidazole rings is 1. The van der Waals surface area contributed by atoms with E-state index in [9.17, 15) is 19.1 Å². The van der Waals surface area contributed by atoms with Crippen molar-refractivity contribution >= 4 is 28.7 Å². The Balaban J connectivity index is 1.36. The summed E-state index contributed by atoms with van der Waals surface area (Å²) in [6.07, 6.45) is 4.18. The van der Waals surface area contributed by atoms with Crippen molar-refractivity contribution in [2.75, 3.05) is 13.2 Å². The van der Waals surface area contributed by atoms with Crippen LogP contribution in [0.4, 0.5) is 9.18 Å². The van der Waals surface area contributed by atoms with Crippen LogP contribution in [0.2, 0.25) is 0 Å². The Labute approximate surface area is 305 Å². The monoisotopic (exact) mass is 724 g/mol. The Morgan fingerprint density at radius 1 is 1.21 bits per heavy atom. The third-order valence-electron chi connectivity index (χ3n) is 11.1. The number of nitrogens with one attached hydrogen (secondary N) is 3. The molecule has 53 heavy (non-hydrogen) atoms. The van der Waals surface area contributed by atoms with Crippen LogP contribution in [0.25, 0.3) is 22.4 Å². The minimum Gasteiger partial charge on any atom is -0.465 e. The van der Waals surface area contributed by atoms with E-state index in [4.69, 9.17) is 15.2 Å². The number of amidine groups is 1. The maximum atomic E-state index is 15.1. The van der Waals surface area contributed by atoms with Crippen molar-refractivity contribution in [2.45, 2.75) is 90.3 Å². The zero-order chi connectivity index (χ0) is 38.0. The van der Waals surface area contributed by atoms with Gasteiger partial charge in [0.1, 0.15) is 23.2 Å². The number of ether oxygens (including phenoxy) is 1. The SMILES string of the molecule is CC[C@](C)(C(=N)NC(=O)O)n1c(C(=O)N2CCc3nn(-c4ccc(F)c(C)c4)c(-n4cc[nH]c4=O)c3[C@@H]2C)cc2cc([C@H]3CCOC(C)(C)C3)ccc21. The molecule has 0 aliphatic carbocycles. The molecule has 2 aliphatic rings. The van der Waals surface area contributed by atoms with Gasteiger partial charge >= 0.3 is 11.8 Å². The van der Waals surface area contributed by atoms with Crippen molar-refractivity contribution in [3.05, 3.63) is 99.2 Å². The summed E-state index contributed by atoms with van der Waals surface area (Å²) < 4.78 is 25.2. The van der Waals surface area contributed by atoms with Gasteiger partial charge in [-0.15, -0.1) is 0 Å². The maximum absolute atomic E-state index is 15.1. The number of aromatic nitrogens is 5. The first-order valence-electron chi connectivity index (χ1n) is 18.0. The van der Waals surface area contributed by atoms with E-state index in [0.717, 1.165) is 23.8 Å². The predicted molar refractivity (Wildman–Crippen MR) is 198 cm³/mol. The van der Waals surface area contributed by atoms with Crippen LogP contribution in [0.1, 0.15) is 98.7 Å². The molecule has 1 saturated heterocycles. The van der Waals surface area contributed by atoms with E-state index in [2.05, 4.69) is 36.3 Å². The molecule has 0 saturated carbocycles. The Bertz CT molecular complexity index is 2330. The van der Waals surface area contributed by atoms with Crippen molar-refractivity contribution in [1.82, 2.24) is 34.1 Å². The fourth-order valence-electron chi connectivity index (χ4n) is 8.12. The van der Waals surface area contributed by atoms with Gasteiger partial charge in [0.2, 0.25) is 0 Å². The smallest absolute Gasteiger partial charge is 0.410 e. The third-order valence-corrected chi connectivity index (χ3v) is 11.1. The zero-order valence-corrected chi connectivity index (χ0v) is 30.8. The van der Waals surface area contributed by atoms with Gasteiger partial charge < -0.3 is 24.3 Å². The van der Waals surface area contributed by atoms with E-state index in [-0.39, 0.29) is 29.1 Å². The first-order valence-corrected chi connectivity index (χ1v) is 18.0. The molecule has 13 nitrogen and oxygen atoms in total. The van der Waals surface area contributed by atoms with Gasteiger partial charge in [0, 0.05) is 48.4 Å². The van der Waals surface area contributed by atoms with E-state index in [1.807, 2.05) is 26.0 Å². The molecule has 0 spiro atoms. The Morgan fingerprint density at radius 2 is 1.98 bits per heavy atom. The average molecular weight is 725 g/mol. The number of nitrogens with zero attached hydrogens (tertiary/aromatic N) is 5. The first kappa shape index (κ1) is 35.9. The molecule has 278 valence electrons. The minimum atomic E-state index is -1.36. The number of aromatic amines is 1. The second-order valence-corrected chi connectivity index (χ2v) is 15.0. The second-order valence-electron chi connectivity index (χ2n) is 15.0. The van der Waals surface area contributed by atoms with Gasteiger partial charge in [-0.25, -0.2) is 18.7 Å². The highest BCUT2D eigenvalue weighted by Gasteiger charge is 2.40. The number of hydrogen-bond acceptors (Lipinski definition) is 6. The minimum absolute atomic E-state index is 0.256. The molecule has 2 aliphatic heterocycles. The van der Waals surface area contributed by atoms with Crippen molar-refractivity contribution in [3.8, 4) is 11.5 Å². The lowest BCUT2D eigenvalue weighted by molar-refractivity contribution is -0.0592. The van der Waals surface area contributed by atoms with Gasteiger partial charge in [0.05, 0.1) is 28.6 Å². The Hall–Kier alpha value is -5.50. The number of halogens is 1. The van der Waals surface area contributed by atoms with Crippen molar-refractivity contribution in [2.24, 2.45) is 0 Å². The summed E-state index contributed by atoms with van der Waals surface area (Å²) in [6, 6.07) is 12.1. The standard InChI is InChI=1S/C39H45FN8O5/c1-7-39(6,35(41)43-37(51)52)47-30-11-8-24(25-13-17-53-38(4,5)21-25)19-26(30)20-31(47)34(49)45-15-12-29-32(23(45)3)33(46-16-14-42-36(46)50)48(44-29)27-9-10-28(40)22(2)18-27/h8-11,14,16,18-20,23,25H,7,12-13,15,17,21H2,1-6H3,(H2,41,43)(H,42,50)(H,51,52)/t23-,25-,39+/m0/s1. The molecule has 2 amide bonds. The number of aryl methyl sites for hydroxylation is 1. The molecular formula is C39H45FN8O5. The normalized spacial score (nSPS) is 19.5. The predicted octanol–water partition coefficient (Wildman–Crippen LogP) is 6.56. The van der Waals surface area contributed by atoms with Gasteiger partial charge in [-0.2, -0.15) is 5.10 Å². The number of carbonyl (C=O) groups excluding carboxylic acids is 1. The Morgan fingerprint density at radius 3 is 2.64 bits per heavy atom. The number of benzene rings is 2. The van der Waals surface area contributed by atoms with Crippen LogP contribution >= 0.6 is 0 Å². The fourth-order valence-corrected chi connectivity index (χ4v) is 8.12. The molecule has 3 atom stereocenters. The molecule has 3 aromatic heterocycles. The van der Waals surface area contributed by atoms with E-state index >= 15 is 4.79 Å². The molecule has 1 fully saturated rings. The molecule has 5 heterocycles. The molecule has 0 unspecified atom stereocenters. The average Bonchev–Trinajstić information content (AvgIpc) is 3.83. The number of rotatable bonds is 7. The van der Waals surface area contributed by atoms with Gasteiger partial charge in [0.25, 0.3) is 5.91 Å². The summed E-state index contributed by atoms with van der Waals surface area (Å²) in [7, 11) is 0. The third kappa shape index (κ3) is 6.14. The largest absolute Gasteiger partial charge is 0.465 e. The zero-order valence-electron chi connectivity index (χ0n) is 30.8. The summed E-state index contributed by atoms with van der Waals surface area (Å²) in [5.74, 6) is -0.229. The van der Waals surface area contributed by atoms with Crippen LogP contribution in [0, 0.1) is 18.2 Å². The van der Waals surface area contributed by atoms with Gasteiger partial charge in [-0.1, -0.05) is 13.0 Å². The first-order chi connectivity index (χ1) is 25.1. The summed E-state index contributed by atoms with van der Waals surface area (Å²) in [4.78, 5) is 44.4. The molecule has 5 aromatic rings. The highest BCUT2D eigenvalue weighted by atomic mass is 19.1. The Kier molecular flexibility index (Phi) is 8.92. The quantitative estimate of drug-likeness (QED) is 0.110.